The number of hydrogen-bond donors (Lipinski definition) is 3. The van der Waals surface area contributed by atoms with E-state index in [1.165, 1.54) is 0 Å². The molecule has 4 heteroatoms. The summed E-state index contributed by atoms with van der Waals surface area (Å²) < 4.78 is 5.50. The van der Waals surface area contributed by atoms with E-state index in [-0.39, 0.29) is 25.4 Å². The molecule has 0 bridgehead atoms. The first kappa shape index (κ1) is 12.8. The van der Waals surface area contributed by atoms with Crippen molar-refractivity contribution in [3.63, 3.8) is 0 Å². The monoisotopic (exact) mass is 225 g/mol. The third kappa shape index (κ3) is 4.08. The van der Waals surface area contributed by atoms with Gasteiger partial charge >= 0.3 is 0 Å². The zero-order chi connectivity index (χ0) is 12.0. The van der Waals surface area contributed by atoms with Crippen LogP contribution in [0.4, 0.5) is 5.69 Å². The van der Waals surface area contributed by atoms with Crippen molar-refractivity contribution < 1.29 is 14.9 Å². The Kier molecular flexibility index (Phi) is 5.08. The van der Waals surface area contributed by atoms with E-state index < -0.39 is 0 Å². The van der Waals surface area contributed by atoms with Crippen molar-refractivity contribution >= 4 is 5.69 Å². The summed E-state index contributed by atoms with van der Waals surface area (Å²) in [6.07, 6.45) is 0.154. The Labute approximate surface area is 95.9 Å². The van der Waals surface area contributed by atoms with E-state index in [1.54, 1.807) is 0 Å². The molecular formula is C12H19NO3. The third-order valence-corrected chi connectivity index (χ3v) is 2.04. The second-order valence-electron chi connectivity index (χ2n) is 3.90. The average Bonchev–Trinajstić information content (AvgIpc) is 2.27. The SMILES string of the molecule is CC(C)Oc1ccc(NC(CO)CO)cc1. The summed E-state index contributed by atoms with van der Waals surface area (Å²) >= 11 is 0. The quantitative estimate of drug-likeness (QED) is 0.681. The van der Waals surface area contributed by atoms with Gasteiger partial charge < -0.3 is 20.3 Å². The molecular weight excluding hydrogens is 206 g/mol. The van der Waals surface area contributed by atoms with Crippen LogP contribution in [0.5, 0.6) is 5.75 Å². The van der Waals surface area contributed by atoms with Crippen molar-refractivity contribution in [3.05, 3.63) is 24.3 Å². The van der Waals surface area contributed by atoms with Crippen molar-refractivity contribution in [1.29, 1.82) is 0 Å². The minimum Gasteiger partial charge on any atom is -0.491 e. The van der Waals surface area contributed by atoms with E-state index in [0.29, 0.717) is 0 Å². The van der Waals surface area contributed by atoms with Gasteiger partial charge in [-0.05, 0) is 38.1 Å². The van der Waals surface area contributed by atoms with Crippen LogP contribution >= 0.6 is 0 Å². The Morgan fingerprint density at radius 1 is 1.12 bits per heavy atom. The Morgan fingerprint density at radius 3 is 2.12 bits per heavy atom. The molecule has 0 amide bonds. The van der Waals surface area contributed by atoms with Crippen LogP contribution in [-0.4, -0.2) is 35.6 Å². The zero-order valence-corrected chi connectivity index (χ0v) is 9.68. The van der Waals surface area contributed by atoms with Gasteiger partial charge in [-0.3, -0.25) is 0 Å². The fourth-order valence-corrected chi connectivity index (χ4v) is 1.29. The van der Waals surface area contributed by atoms with Crippen LogP contribution in [0.2, 0.25) is 0 Å². The molecule has 0 atom stereocenters. The van der Waals surface area contributed by atoms with Crippen LogP contribution in [0.1, 0.15) is 13.8 Å². The molecule has 4 nitrogen and oxygen atoms in total. The molecule has 0 saturated carbocycles. The van der Waals surface area contributed by atoms with Gasteiger partial charge in [-0.1, -0.05) is 0 Å². The largest absolute Gasteiger partial charge is 0.491 e. The van der Waals surface area contributed by atoms with E-state index in [9.17, 15) is 0 Å². The highest BCUT2D eigenvalue weighted by Gasteiger charge is 2.05. The minimum absolute atomic E-state index is 0.0965. The van der Waals surface area contributed by atoms with Crippen molar-refractivity contribution in [1.82, 2.24) is 0 Å². The third-order valence-electron chi connectivity index (χ3n) is 2.04. The van der Waals surface area contributed by atoms with Crippen molar-refractivity contribution in [2.24, 2.45) is 0 Å². The molecule has 0 spiro atoms. The number of nitrogens with one attached hydrogen (secondary N) is 1. The summed E-state index contributed by atoms with van der Waals surface area (Å²) in [5.74, 6) is 0.810. The summed E-state index contributed by atoms with van der Waals surface area (Å²) in [5, 5.41) is 20.8. The topological polar surface area (TPSA) is 61.7 Å². The fourth-order valence-electron chi connectivity index (χ4n) is 1.29. The molecule has 0 radical (unpaired) electrons. The lowest BCUT2D eigenvalue weighted by molar-refractivity contribution is 0.204. The lowest BCUT2D eigenvalue weighted by Gasteiger charge is -2.15. The summed E-state index contributed by atoms with van der Waals surface area (Å²) in [6, 6.07) is 7.10. The minimum atomic E-state index is -0.322. The normalized spacial score (nSPS) is 10.9. The van der Waals surface area contributed by atoms with Crippen molar-refractivity contribution in [3.8, 4) is 5.75 Å². The van der Waals surface area contributed by atoms with E-state index in [1.807, 2.05) is 38.1 Å². The second-order valence-corrected chi connectivity index (χ2v) is 3.90. The number of aliphatic hydroxyl groups excluding tert-OH is 2. The Hall–Kier alpha value is -1.26. The highest BCUT2D eigenvalue weighted by molar-refractivity contribution is 5.47. The number of rotatable bonds is 6. The summed E-state index contributed by atoms with van der Waals surface area (Å²) in [5.41, 5.74) is 0.851. The van der Waals surface area contributed by atoms with Crippen LogP contribution in [0.15, 0.2) is 24.3 Å². The van der Waals surface area contributed by atoms with Gasteiger partial charge in [0.15, 0.2) is 0 Å². The van der Waals surface area contributed by atoms with Gasteiger partial charge in [0.05, 0.1) is 25.4 Å². The van der Waals surface area contributed by atoms with Crippen LogP contribution < -0.4 is 10.1 Å². The van der Waals surface area contributed by atoms with E-state index in [4.69, 9.17) is 14.9 Å². The predicted octanol–water partition coefficient (Wildman–Crippen LogP) is 1.24. The maximum Gasteiger partial charge on any atom is 0.119 e. The lowest BCUT2D eigenvalue weighted by atomic mass is 10.2. The van der Waals surface area contributed by atoms with Gasteiger partial charge in [-0.15, -0.1) is 0 Å². The summed E-state index contributed by atoms with van der Waals surface area (Å²) in [6.45, 7) is 3.75. The van der Waals surface area contributed by atoms with Gasteiger partial charge in [0.2, 0.25) is 0 Å². The zero-order valence-electron chi connectivity index (χ0n) is 9.68. The molecule has 1 rings (SSSR count). The first-order valence-electron chi connectivity index (χ1n) is 5.40. The number of benzene rings is 1. The number of aliphatic hydroxyl groups is 2. The van der Waals surface area contributed by atoms with E-state index in [0.717, 1.165) is 11.4 Å². The van der Waals surface area contributed by atoms with E-state index >= 15 is 0 Å². The molecule has 3 N–H and O–H groups in total. The Morgan fingerprint density at radius 2 is 1.69 bits per heavy atom. The maximum absolute atomic E-state index is 8.91. The van der Waals surface area contributed by atoms with Crippen LogP contribution in [0.3, 0.4) is 0 Å². The molecule has 0 fully saturated rings. The molecule has 0 aliphatic rings. The Balaban J connectivity index is 2.57. The average molecular weight is 225 g/mol. The summed E-state index contributed by atoms with van der Waals surface area (Å²) in [4.78, 5) is 0. The number of anilines is 1. The second kappa shape index (κ2) is 6.35. The molecule has 0 aromatic heterocycles. The van der Waals surface area contributed by atoms with Gasteiger partial charge in [0.1, 0.15) is 5.75 Å². The smallest absolute Gasteiger partial charge is 0.119 e. The number of hydrogen-bond acceptors (Lipinski definition) is 4. The standard InChI is InChI=1S/C12H19NO3/c1-9(2)16-12-5-3-10(4-6-12)13-11(7-14)8-15/h3-6,9,11,13-15H,7-8H2,1-2H3. The van der Waals surface area contributed by atoms with E-state index in [2.05, 4.69) is 5.32 Å². The molecule has 90 valence electrons. The van der Waals surface area contributed by atoms with Crippen molar-refractivity contribution in [2.75, 3.05) is 18.5 Å². The summed E-state index contributed by atoms with van der Waals surface area (Å²) in [7, 11) is 0. The van der Waals surface area contributed by atoms with Gasteiger partial charge in [-0.25, -0.2) is 0 Å². The van der Waals surface area contributed by atoms with Crippen LogP contribution in [0.25, 0.3) is 0 Å². The highest BCUT2D eigenvalue weighted by Crippen LogP contribution is 2.17. The Bertz CT molecular complexity index is 294. The van der Waals surface area contributed by atoms with Crippen LogP contribution in [0, 0.1) is 0 Å². The highest BCUT2D eigenvalue weighted by atomic mass is 16.5. The van der Waals surface area contributed by atoms with Gasteiger partial charge in [0, 0.05) is 5.69 Å². The first-order valence-corrected chi connectivity index (χ1v) is 5.40. The maximum atomic E-state index is 8.91. The van der Waals surface area contributed by atoms with Gasteiger partial charge in [0.25, 0.3) is 0 Å². The molecule has 0 aliphatic heterocycles. The van der Waals surface area contributed by atoms with Crippen LogP contribution in [-0.2, 0) is 0 Å². The fraction of sp³-hybridized carbons (Fsp3) is 0.500. The lowest BCUT2D eigenvalue weighted by Crippen LogP contribution is -2.27. The molecule has 0 aliphatic carbocycles. The van der Waals surface area contributed by atoms with Gasteiger partial charge in [-0.2, -0.15) is 0 Å². The predicted molar refractivity (Wildman–Crippen MR) is 63.8 cm³/mol. The molecule has 1 aromatic rings. The first-order chi connectivity index (χ1) is 7.65. The number of ether oxygens (including phenoxy) is 1. The molecule has 0 unspecified atom stereocenters. The molecule has 1 aromatic carbocycles. The molecule has 0 saturated heterocycles. The molecule has 16 heavy (non-hydrogen) atoms. The molecule has 0 heterocycles. The van der Waals surface area contributed by atoms with Crippen molar-refractivity contribution in [2.45, 2.75) is 26.0 Å².